The van der Waals surface area contributed by atoms with Gasteiger partial charge in [0.15, 0.2) is 0 Å². The number of urea groups is 1. The summed E-state index contributed by atoms with van der Waals surface area (Å²) >= 11 is 0. The Morgan fingerprint density at radius 2 is 2.13 bits per heavy atom. The lowest BCUT2D eigenvalue weighted by Crippen LogP contribution is -2.36. The maximum atomic E-state index is 11.5. The number of nitrogens with zero attached hydrogens (tertiary/aromatic N) is 1. The van der Waals surface area contributed by atoms with Crippen molar-refractivity contribution in [2.45, 2.75) is 6.54 Å². The summed E-state index contributed by atoms with van der Waals surface area (Å²) < 4.78 is 0. The van der Waals surface area contributed by atoms with Gasteiger partial charge in [-0.25, -0.2) is 4.79 Å². The Bertz CT molecular complexity index is 322. The van der Waals surface area contributed by atoms with Gasteiger partial charge in [-0.15, -0.1) is 6.58 Å². The molecule has 0 fully saturated rings. The van der Waals surface area contributed by atoms with E-state index in [1.165, 1.54) is 0 Å². The quantitative estimate of drug-likeness (QED) is 0.748. The molecular formula is C12H16N2O. The van der Waals surface area contributed by atoms with Crippen molar-refractivity contribution in [2.24, 2.45) is 0 Å². The largest absolute Gasteiger partial charge is 0.335 e. The molecule has 1 N–H and O–H groups in total. The van der Waals surface area contributed by atoms with Gasteiger partial charge < -0.3 is 10.2 Å². The second-order valence-electron chi connectivity index (χ2n) is 3.32. The zero-order valence-corrected chi connectivity index (χ0v) is 8.94. The highest BCUT2D eigenvalue weighted by atomic mass is 16.2. The van der Waals surface area contributed by atoms with Gasteiger partial charge in [-0.3, -0.25) is 0 Å². The van der Waals surface area contributed by atoms with Crippen LogP contribution in [0, 0.1) is 0 Å². The molecule has 2 amide bonds. The SMILES string of the molecule is C=CCNC(=O)N(C)Cc1ccccc1. The highest BCUT2D eigenvalue weighted by Crippen LogP contribution is 2.02. The normalized spacial score (nSPS) is 9.40. The van der Waals surface area contributed by atoms with Crippen LogP contribution in [-0.4, -0.2) is 24.5 Å². The molecule has 3 nitrogen and oxygen atoms in total. The predicted octanol–water partition coefficient (Wildman–Crippen LogP) is 2.01. The minimum Gasteiger partial charge on any atom is -0.335 e. The minimum atomic E-state index is -0.0845. The molecule has 1 aromatic carbocycles. The van der Waals surface area contributed by atoms with Crippen LogP contribution in [0.1, 0.15) is 5.56 Å². The lowest BCUT2D eigenvalue weighted by Gasteiger charge is -2.17. The third-order valence-electron chi connectivity index (χ3n) is 2.01. The van der Waals surface area contributed by atoms with Crippen molar-refractivity contribution in [2.75, 3.05) is 13.6 Å². The van der Waals surface area contributed by atoms with E-state index in [0.717, 1.165) is 5.56 Å². The van der Waals surface area contributed by atoms with Gasteiger partial charge in [0.2, 0.25) is 0 Å². The van der Waals surface area contributed by atoms with Crippen LogP contribution < -0.4 is 5.32 Å². The van der Waals surface area contributed by atoms with Crippen LogP contribution in [0.25, 0.3) is 0 Å². The molecule has 80 valence electrons. The smallest absolute Gasteiger partial charge is 0.317 e. The van der Waals surface area contributed by atoms with E-state index in [9.17, 15) is 4.79 Å². The first kappa shape index (κ1) is 11.3. The molecular weight excluding hydrogens is 188 g/mol. The molecule has 0 radical (unpaired) electrons. The number of carbonyl (C=O) groups excluding carboxylic acids is 1. The van der Waals surface area contributed by atoms with Crippen LogP contribution >= 0.6 is 0 Å². The fourth-order valence-corrected chi connectivity index (χ4v) is 1.22. The molecule has 0 atom stereocenters. The summed E-state index contributed by atoms with van der Waals surface area (Å²) in [4.78, 5) is 13.1. The topological polar surface area (TPSA) is 32.3 Å². The summed E-state index contributed by atoms with van der Waals surface area (Å²) in [7, 11) is 1.77. The number of rotatable bonds is 4. The second kappa shape index (κ2) is 5.86. The first-order valence-electron chi connectivity index (χ1n) is 4.88. The van der Waals surface area contributed by atoms with E-state index >= 15 is 0 Å². The predicted molar refractivity (Wildman–Crippen MR) is 61.5 cm³/mol. The monoisotopic (exact) mass is 204 g/mol. The van der Waals surface area contributed by atoms with Crippen molar-refractivity contribution >= 4 is 6.03 Å². The summed E-state index contributed by atoms with van der Waals surface area (Å²) in [6.45, 7) is 4.66. The van der Waals surface area contributed by atoms with Crippen LogP contribution in [0.4, 0.5) is 4.79 Å². The van der Waals surface area contributed by atoms with Crippen molar-refractivity contribution in [3.63, 3.8) is 0 Å². The molecule has 0 saturated carbocycles. The number of hydrogen-bond donors (Lipinski definition) is 1. The van der Waals surface area contributed by atoms with Gasteiger partial charge >= 0.3 is 6.03 Å². The highest BCUT2D eigenvalue weighted by Gasteiger charge is 2.06. The van der Waals surface area contributed by atoms with Crippen molar-refractivity contribution in [1.82, 2.24) is 10.2 Å². The Balaban J connectivity index is 2.45. The standard InChI is InChI=1S/C12H16N2O/c1-3-9-13-12(15)14(2)10-11-7-5-4-6-8-11/h3-8H,1,9-10H2,2H3,(H,13,15). The average Bonchev–Trinajstić information content (AvgIpc) is 2.27. The third kappa shape index (κ3) is 3.85. The lowest BCUT2D eigenvalue weighted by molar-refractivity contribution is 0.208. The maximum Gasteiger partial charge on any atom is 0.317 e. The average molecular weight is 204 g/mol. The summed E-state index contributed by atoms with van der Waals surface area (Å²) in [5, 5.41) is 2.72. The molecule has 1 rings (SSSR count). The van der Waals surface area contributed by atoms with Crippen molar-refractivity contribution in [3.8, 4) is 0 Å². The molecule has 0 aromatic heterocycles. The molecule has 0 heterocycles. The first-order chi connectivity index (χ1) is 7.24. The lowest BCUT2D eigenvalue weighted by atomic mass is 10.2. The second-order valence-corrected chi connectivity index (χ2v) is 3.32. The van der Waals surface area contributed by atoms with Crippen molar-refractivity contribution in [1.29, 1.82) is 0 Å². The van der Waals surface area contributed by atoms with Gasteiger partial charge in [0.1, 0.15) is 0 Å². The molecule has 0 aliphatic carbocycles. The number of amides is 2. The maximum absolute atomic E-state index is 11.5. The Morgan fingerprint density at radius 3 is 2.73 bits per heavy atom. The number of benzene rings is 1. The van der Waals surface area contributed by atoms with Gasteiger partial charge in [-0.2, -0.15) is 0 Å². The molecule has 0 bridgehead atoms. The van der Waals surface area contributed by atoms with Gasteiger partial charge in [-0.1, -0.05) is 36.4 Å². The van der Waals surface area contributed by atoms with Crippen molar-refractivity contribution in [3.05, 3.63) is 48.6 Å². The number of carbonyl (C=O) groups is 1. The minimum absolute atomic E-state index is 0.0845. The molecule has 1 aromatic rings. The Hall–Kier alpha value is -1.77. The van der Waals surface area contributed by atoms with Crippen LogP contribution in [0.5, 0.6) is 0 Å². The molecule has 3 heteroatoms. The highest BCUT2D eigenvalue weighted by molar-refractivity contribution is 5.73. The number of nitrogens with one attached hydrogen (secondary N) is 1. The summed E-state index contributed by atoms with van der Waals surface area (Å²) in [6.07, 6.45) is 1.66. The van der Waals surface area contributed by atoms with E-state index in [1.54, 1.807) is 18.0 Å². The van der Waals surface area contributed by atoms with E-state index in [-0.39, 0.29) is 6.03 Å². The van der Waals surface area contributed by atoms with Gasteiger partial charge in [0.05, 0.1) is 0 Å². The Labute approximate surface area is 90.4 Å². The molecule has 0 saturated heterocycles. The fraction of sp³-hybridized carbons (Fsp3) is 0.250. The summed E-state index contributed by atoms with van der Waals surface area (Å²) in [5.41, 5.74) is 1.12. The zero-order valence-electron chi connectivity index (χ0n) is 8.94. The van der Waals surface area contributed by atoms with Crippen LogP contribution in [0.2, 0.25) is 0 Å². The molecule has 0 unspecified atom stereocenters. The van der Waals surface area contributed by atoms with E-state index < -0.39 is 0 Å². The van der Waals surface area contributed by atoms with Gasteiger partial charge in [0.25, 0.3) is 0 Å². The van der Waals surface area contributed by atoms with Crippen LogP contribution in [-0.2, 0) is 6.54 Å². The van der Waals surface area contributed by atoms with E-state index in [0.29, 0.717) is 13.1 Å². The molecule has 15 heavy (non-hydrogen) atoms. The fourth-order valence-electron chi connectivity index (χ4n) is 1.22. The third-order valence-corrected chi connectivity index (χ3v) is 2.01. The first-order valence-corrected chi connectivity index (χ1v) is 4.88. The van der Waals surface area contributed by atoms with E-state index in [2.05, 4.69) is 11.9 Å². The Morgan fingerprint density at radius 1 is 1.47 bits per heavy atom. The summed E-state index contributed by atoms with van der Waals surface area (Å²) in [5.74, 6) is 0. The zero-order chi connectivity index (χ0) is 11.1. The molecule has 0 spiro atoms. The van der Waals surface area contributed by atoms with Gasteiger partial charge in [-0.05, 0) is 5.56 Å². The van der Waals surface area contributed by atoms with Gasteiger partial charge in [0, 0.05) is 20.1 Å². The van der Waals surface area contributed by atoms with Crippen LogP contribution in [0.15, 0.2) is 43.0 Å². The Kier molecular flexibility index (Phi) is 4.41. The molecule has 0 aliphatic heterocycles. The van der Waals surface area contributed by atoms with E-state index in [4.69, 9.17) is 0 Å². The van der Waals surface area contributed by atoms with Crippen LogP contribution in [0.3, 0.4) is 0 Å². The van der Waals surface area contributed by atoms with E-state index in [1.807, 2.05) is 30.3 Å². The van der Waals surface area contributed by atoms with Crippen molar-refractivity contribution < 1.29 is 4.79 Å². The molecule has 0 aliphatic rings. The summed E-state index contributed by atoms with van der Waals surface area (Å²) in [6, 6.07) is 9.80. The number of hydrogen-bond acceptors (Lipinski definition) is 1.